The highest BCUT2D eigenvalue weighted by molar-refractivity contribution is 7.55. The summed E-state index contributed by atoms with van der Waals surface area (Å²) in [6.45, 7) is 2.37. The molecule has 7 heteroatoms. The highest BCUT2D eigenvalue weighted by Gasteiger charge is 2.56. The predicted octanol–water partition coefficient (Wildman–Crippen LogP) is 0.639. The molecule has 0 spiro atoms. The Kier molecular flexibility index (Phi) is 3.47. The molecule has 0 aromatic rings. The minimum atomic E-state index is -4.18. The Morgan fingerprint density at radius 3 is 2.82 bits per heavy atom. The van der Waals surface area contributed by atoms with Gasteiger partial charge in [-0.05, 0) is 13.0 Å². The van der Waals surface area contributed by atoms with Gasteiger partial charge >= 0.3 is 7.60 Å². The van der Waals surface area contributed by atoms with Crippen LogP contribution in [0, 0.1) is 0 Å². The molecule has 17 heavy (non-hydrogen) atoms. The van der Waals surface area contributed by atoms with Gasteiger partial charge < -0.3 is 24.0 Å². The molecule has 4 atom stereocenters. The Balaban J connectivity index is 2.28. The fourth-order valence-electron chi connectivity index (χ4n) is 2.56. The molecule has 0 amide bonds. The molecule has 2 rings (SSSR count). The lowest BCUT2D eigenvalue weighted by Crippen LogP contribution is -2.48. The van der Waals surface area contributed by atoms with Crippen molar-refractivity contribution in [2.24, 2.45) is 0 Å². The van der Waals surface area contributed by atoms with Crippen molar-refractivity contribution in [1.82, 2.24) is 0 Å². The van der Waals surface area contributed by atoms with Gasteiger partial charge in [-0.2, -0.15) is 0 Å². The molecule has 6 nitrogen and oxygen atoms in total. The van der Waals surface area contributed by atoms with Crippen LogP contribution >= 0.6 is 7.60 Å². The highest BCUT2D eigenvalue weighted by atomic mass is 31.2. The maximum Gasteiger partial charge on any atom is 0.348 e. The molecular formula is C10H17O6P. The van der Waals surface area contributed by atoms with Crippen molar-refractivity contribution in [3.63, 3.8) is 0 Å². The lowest BCUT2D eigenvalue weighted by molar-refractivity contribution is -0.110. The van der Waals surface area contributed by atoms with Crippen molar-refractivity contribution in [3.05, 3.63) is 11.9 Å². The van der Waals surface area contributed by atoms with Crippen LogP contribution in [0.25, 0.3) is 0 Å². The van der Waals surface area contributed by atoms with Crippen molar-refractivity contribution in [3.8, 4) is 0 Å². The summed E-state index contributed by atoms with van der Waals surface area (Å²) in [7, 11) is -2.63. The van der Waals surface area contributed by atoms with Gasteiger partial charge in [-0.3, -0.25) is 4.57 Å². The number of rotatable bonds is 3. The first kappa shape index (κ1) is 13.2. The zero-order chi connectivity index (χ0) is 12.7. The number of hydrogen-bond donors (Lipinski definition) is 2. The van der Waals surface area contributed by atoms with Gasteiger partial charge in [0, 0.05) is 19.3 Å². The molecule has 0 saturated carbocycles. The molecule has 2 aliphatic rings. The molecule has 2 fully saturated rings. The van der Waals surface area contributed by atoms with Gasteiger partial charge in [0.1, 0.15) is 17.8 Å². The van der Waals surface area contributed by atoms with Crippen LogP contribution in [-0.2, 0) is 18.8 Å². The smallest absolute Gasteiger partial charge is 0.348 e. The summed E-state index contributed by atoms with van der Waals surface area (Å²) >= 11 is 0. The monoisotopic (exact) mass is 264 g/mol. The molecule has 0 aliphatic carbocycles. The minimum Gasteiger partial charge on any atom is -0.375 e. The van der Waals surface area contributed by atoms with Crippen LogP contribution in [-0.4, -0.2) is 47.4 Å². The minimum absolute atomic E-state index is 0.149. The Morgan fingerprint density at radius 1 is 1.53 bits per heavy atom. The first-order chi connectivity index (χ1) is 7.88. The molecule has 0 aromatic heterocycles. The van der Waals surface area contributed by atoms with Gasteiger partial charge in [-0.15, -0.1) is 0 Å². The van der Waals surface area contributed by atoms with E-state index in [1.165, 1.54) is 6.08 Å². The SMILES string of the molecule is COC1[C@@H]2OCC[C@]1(/C=C/P(=O)(O)O)O[C@H]2C. The zero-order valence-electron chi connectivity index (χ0n) is 9.78. The summed E-state index contributed by atoms with van der Waals surface area (Å²) in [5, 5.41) is 0. The maximum atomic E-state index is 10.9. The summed E-state index contributed by atoms with van der Waals surface area (Å²) in [5.41, 5.74) is -0.780. The van der Waals surface area contributed by atoms with E-state index in [4.69, 9.17) is 24.0 Å². The molecule has 2 saturated heterocycles. The van der Waals surface area contributed by atoms with Crippen molar-refractivity contribution in [1.29, 1.82) is 0 Å². The van der Waals surface area contributed by atoms with E-state index in [0.29, 0.717) is 13.0 Å². The predicted molar refractivity (Wildman–Crippen MR) is 59.6 cm³/mol. The Hall–Kier alpha value is -0.230. The van der Waals surface area contributed by atoms with Crippen LogP contribution in [0.3, 0.4) is 0 Å². The quantitative estimate of drug-likeness (QED) is 0.727. The molecule has 2 aliphatic heterocycles. The van der Waals surface area contributed by atoms with Crippen molar-refractivity contribution >= 4 is 7.60 Å². The number of methoxy groups -OCH3 is 1. The average molecular weight is 264 g/mol. The van der Waals surface area contributed by atoms with E-state index in [2.05, 4.69) is 0 Å². The summed E-state index contributed by atoms with van der Waals surface area (Å²) in [5.74, 6) is 0.888. The van der Waals surface area contributed by atoms with Gasteiger partial charge in [0.05, 0.1) is 12.7 Å². The van der Waals surface area contributed by atoms with E-state index < -0.39 is 13.2 Å². The second-order valence-corrected chi connectivity index (χ2v) is 5.90. The van der Waals surface area contributed by atoms with Crippen molar-refractivity contribution < 1.29 is 28.6 Å². The summed E-state index contributed by atoms with van der Waals surface area (Å²) in [4.78, 5) is 17.8. The molecular weight excluding hydrogens is 247 g/mol. The van der Waals surface area contributed by atoms with E-state index in [-0.39, 0.29) is 18.3 Å². The molecule has 2 bridgehead atoms. The average Bonchev–Trinajstić information content (AvgIpc) is 2.38. The van der Waals surface area contributed by atoms with Gasteiger partial charge in [-0.1, -0.05) is 0 Å². The van der Waals surface area contributed by atoms with E-state index in [9.17, 15) is 4.57 Å². The third-order valence-electron chi connectivity index (χ3n) is 3.26. The summed E-state index contributed by atoms with van der Waals surface area (Å²) in [6.07, 6.45) is 1.30. The summed E-state index contributed by atoms with van der Waals surface area (Å²) in [6, 6.07) is 0. The molecule has 0 radical (unpaired) electrons. The van der Waals surface area contributed by atoms with Crippen LogP contribution in [0.15, 0.2) is 11.9 Å². The van der Waals surface area contributed by atoms with E-state index in [1.54, 1.807) is 7.11 Å². The van der Waals surface area contributed by atoms with Crippen LogP contribution < -0.4 is 0 Å². The lowest BCUT2D eigenvalue weighted by atomic mass is 9.89. The van der Waals surface area contributed by atoms with Crippen LogP contribution in [0.1, 0.15) is 13.3 Å². The van der Waals surface area contributed by atoms with Crippen LogP contribution in [0.4, 0.5) is 0 Å². The largest absolute Gasteiger partial charge is 0.375 e. The van der Waals surface area contributed by atoms with Gasteiger partial charge in [0.25, 0.3) is 0 Å². The number of ether oxygens (including phenoxy) is 3. The first-order valence-electron chi connectivity index (χ1n) is 5.46. The maximum absolute atomic E-state index is 10.9. The summed E-state index contributed by atoms with van der Waals surface area (Å²) < 4.78 is 27.6. The fourth-order valence-corrected chi connectivity index (χ4v) is 3.00. The van der Waals surface area contributed by atoms with E-state index in [1.807, 2.05) is 6.92 Å². The topological polar surface area (TPSA) is 85.2 Å². The molecule has 0 aromatic carbocycles. The second kappa shape index (κ2) is 4.46. The Labute approximate surface area is 99.7 Å². The second-order valence-electron chi connectivity index (χ2n) is 4.42. The van der Waals surface area contributed by atoms with E-state index >= 15 is 0 Å². The molecule has 98 valence electrons. The van der Waals surface area contributed by atoms with Gasteiger partial charge in [0.15, 0.2) is 0 Å². The van der Waals surface area contributed by atoms with Crippen LogP contribution in [0.2, 0.25) is 0 Å². The van der Waals surface area contributed by atoms with Gasteiger partial charge in [0.2, 0.25) is 0 Å². The lowest BCUT2D eigenvalue weighted by Gasteiger charge is -2.35. The third kappa shape index (κ3) is 2.47. The molecule has 2 N–H and O–H groups in total. The highest BCUT2D eigenvalue weighted by Crippen LogP contribution is 2.45. The molecule has 1 unspecified atom stereocenters. The van der Waals surface area contributed by atoms with Crippen LogP contribution in [0.5, 0.6) is 0 Å². The Morgan fingerprint density at radius 2 is 2.24 bits per heavy atom. The van der Waals surface area contributed by atoms with Crippen molar-refractivity contribution in [2.75, 3.05) is 13.7 Å². The van der Waals surface area contributed by atoms with Gasteiger partial charge in [-0.25, -0.2) is 0 Å². The fraction of sp³-hybridized carbons (Fsp3) is 0.800. The third-order valence-corrected chi connectivity index (χ3v) is 3.79. The van der Waals surface area contributed by atoms with Crippen molar-refractivity contribution in [2.45, 2.75) is 37.3 Å². The normalized spacial score (nSPS) is 42.2. The number of fused-ring (bicyclic) bond motifs is 2. The zero-order valence-corrected chi connectivity index (χ0v) is 10.7. The molecule has 2 heterocycles. The standard InChI is InChI=1S/C10H17O6P/c1-7-8-9(14-2)10(16-7,3-5-15-8)4-6-17(11,12)13/h4,6-9H,3,5H2,1-2H3,(H2,11,12,13)/b6-4+/t7-,8+,9?,10+/m0/s1. The number of hydrogen-bond acceptors (Lipinski definition) is 4. The Bertz CT molecular complexity index is 364. The van der Waals surface area contributed by atoms with E-state index in [0.717, 1.165) is 5.82 Å². The first-order valence-corrected chi connectivity index (χ1v) is 7.14.